The Hall–Kier alpha value is -1.70. The highest BCUT2D eigenvalue weighted by molar-refractivity contribution is 7.89. The molecule has 0 saturated heterocycles. The second-order valence-corrected chi connectivity index (χ2v) is 7.45. The van der Waals surface area contributed by atoms with Crippen molar-refractivity contribution in [2.75, 3.05) is 6.61 Å². The molecule has 134 valence electrons. The molecule has 0 spiro atoms. The van der Waals surface area contributed by atoms with E-state index in [0.29, 0.717) is 5.57 Å². The van der Waals surface area contributed by atoms with Crippen molar-refractivity contribution in [2.24, 2.45) is 0 Å². The minimum atomic E-state index is -4.00. The Morgan fingerprint density at radius 1 is 1.38 bits per heavy atom. The van der Waals surface area contributed by atoms with Crippen molar-refractivity contribution < 1.29 is 23.1 Å². The fourth-order valence-corrected chi connectivity index (χ4v) is 3.34. The van der Waals surface area contributed by atoms with E-state index in [4.69, 9.17) is 4.74 Å². The lowest BCUT2D eigenvalue weighted by Crippen LogP contribution is -2.56. The van der Waals surface area contributed by atoms with Gasteiger partial charge in [0.25, 0.3) is 0 Å². The number of benzene rings is 1. The maximum absolute atomic E-state index is 12.6. The molecule has 2 atom stereocenters. The van der Waals surface area contributed by atoms with Crippen LogP contribution in [-0.4, -0.2) is 37.7 Å². The molecule has 1 rings (SSSR count). The Bertz CT molecular complexity index is 705. The van der Waals surface area contributed by atoms with E-state index >= 15 is 0 Å². The number of allylic oxidation sites excluding steroid dienone is 1. The zero-order chi connectivity index (χ0) is 18.5. The summed E-state index contributed by atoms with van der Waals surface area (Å²) in [5, 5.41) is 10.7. The Morgan fingerprint density at radius 2 is 1.92 bits per heavy atom. The minimum Gasteiger partial charge on any atom is -0.465 e. The average Bonchev–Trinajstić information content (AvgIpc) is 2.52. The first-order valence-electron chi connectivity index (χ1n) is 7.67. The Morgan fingerprint density at radius 3 is 2.38 bits per heavy atom. The maximum atomic E-state index is 12.6. The lowest BCUT2D eigenvalue weighted by Gasteiger charge is -2.32. The normalized spacial score (nSPS) is 16.3. The van der Waals surface area contributed by atoms with Gasteiger partial charge in [-0.2, -0.15) is 4.72 Å². The summed E-state index contributed by atoms with van der Waals surface area (Å²) in [6, 6.07) is 4.74. The number of hydrogen-bond acceptors (Lipinski definition) is 5. The number of rotatable bonds is 7. The zero-order valence-corrected chi connectivity index (χ0v) is 15.5. The third-order valence-corrected chi connectivity index (χ3v) is 5.36. The molecule has 0 bridgehead atoms. The van der Waals surface area contributed by atoms with Gasteiger partial charge in [-0.3, -0.25) is 4.79 Å². The summed E-state index contributed by atoms with van der Waals surface area (Å²) in [7, 11) is -4.00. The Labute approximate surface area is 143 Å². The molecule has 0 saturated carbocycles. The summed E-state index contributed by atoms with van der Waals surface area (Å²) in [5.41, 5.74) is -0.363. The fraction of sp³-hybridized carbons (Fsp3) is 0.471. The largest absolute Gasteiger partial charge is 0.465 e. The molecule has 0 radical (unpaired) electrons. The van der Waals surface area contributed by atoms with Gasteiger partial charge in [-0.25, -0.2) is 8.42 Å². The highest BCUT2D eigenvalue weighted by Crippen LogP contribution is 2.23. The van der Waals surface area contributed by atoms with Gasteiger partial charge in [-0.05, 0) is 52.3 Å². The van der Waals surface area contributed by atoms with Crippen molar-refractivity contribution in [3.05, 3.63) is 41.5 Å². The van der Waals surface area contributed by atoms with Crippen molar-refractivity contribution in [1.82, 2.24) is 4.72 Å². The van der Waals surface area contributed by atoms with Gasteiger partial charge in [0.15, 0.2) is 6.04 Å². The third kappa shape index (κ3) is 4.66. The molecule has 0 aromatic heterocycles. The smallest absolute Gasteiger partial charge is 0.327 e. The van der Waals surface area contributed by atoms with Crippen molar-refractivity contribution in [3.63, 3.8) is 0 Å². The van der Waals surface area contributed by atoms with Crippen LogP contribution < -0.4 is 4.72 Å². The number of hydrogen-bond donors (Lipinski definition) is 2. The molecule has 0 amide bonds. The van der Waals surface area contributed by atoms with Gasteiger partial charge in [0, 0.05) is 0 Å². The van der Waals surface area contributed by atoms with E-state index in [1.807, 2.05) is 6.92 Å². The second-order valence-electron chi connectivity index (χ2n) is 5.74. The van der Waals surface area contributed by atoms with Crippen molar-refractivity contribution in [2.45, 2.75) is 51.2 Å². The first-order chi connectivity index (χ1) is 11.1. The summed E-state index contributed by atoms with van der Waals surface area (Å²) in [5.74, 6) is -0.834. The standard InChI is InChI=1S/C17H25NO5S/c1-6-13(4)17(5,20)15(16(19)23-7-2)18-24(21,22)14-10-8-12(3)9-11-14/h6,8-11,15,18,20H,7H2,1-5H3/b13-6+/t15-,17+/m0/s1. The summed E-state index contributed by atoms with van der Waals surface area (Å²) in [4.78, 5) is 12.2. The molecule has 0 unspecified atom stereocenters. The van der Waals surface area contributed by atoms with Crippen molar-refractivity contribution in [3.8, 4) is 0 Å². The van der Waals surface area contributed by atoms with Crippen LogP contribution in [0.5, 0.6) is 0 Å². The highest BCUT2D eigenvalue weighted by Gasteiger charge is 2.42. The van der Waals surface area contributed by atoms with Gasteiger partial charge >= 0.3 is 5.97 Å². The molecule has 6 nitrogen and oxygen atoms in total. The summed E-state index contributed by atoms with van der Waals surface area (Å²) < 4.78 is 32.4. The van der Waals surface area contributed by atoms with E-state index in [9.17, 15) is 18.3 Å². The number of carbonyl (C=O) groups is 1. The number of nitrogens with one attached hydrogen (secondary N) is 1. The van der Waals surface area contributed by atoms with Crippen LogP contribution in [0.4, 0.5) is 0 Å². The van der Waals surface area contributed by atoms with Crippen LogP contribution in [0.3, 0.4) is 0 Å². The predicted molar refractivity (Wildman–Crippen MR) is 92.0 cm³/mol. The lowest BCUT2D eigenvalue weighted by atomic mass is 9.89. The number of esters is 1. The van der Waals surface area contributed by atoms with E-state index < -0.39 is 27.6 Å². The molecule has 24 heavy (non-hydrogen) atoms. The highest BCUT2D eigenvalue weighted by atomic mass is 32.2. The van der Waals surface area contributed by atoms with E-state index in [2.05, 4.69) is 4.72 Å². The average molecular weight is 355 g/mol. The van der Waals surface area contributed by atoms with Crippen LogP contribution in [0, 0.1) is 6.92 Å². The summed E-state index contributed by atoms with van der Waals surface area (Å²) >= 11 is 0. The number of carbonyl (C=O) groups excluding carboxylic acids is 1. The number of ether oxygens (including phenoxy) is 1. The molecule has 1 aromatic rings. The van der Waals surface area contributed by atoms with Crippen molar-refractivity contribution in [1.29, 1.82) is 0 Å². The van der Waals surface area contributed by atoms with Crippen molar-refractivity contribution >= 4 is 16.0 Å². The van der Waals surface area contributed by atoms with Gasteiger partial charge in [-0.1, -0.05) is 23.8 Å². The van der Waals surface area contributed by atoms with Gasteiger partial charge in [-0.15, -0.1) is 0 Å². The van der Waals surface area contributed by atoms with Gasteiger partial charge in [0.1, 0.15) is 5.60 Å². The SMILES string of the molecule is C/C=C(\C)[C@@](C)(O)[C@@H](NS(=O)(=O)c1ccc(C)cc1)C(=O)OCC. The molecule has 0 fully saturated rings. The van der Waals surface area contributed by atoms with E-state index in [1.165, 1.54) is 19.1 Å². The second kappa shape index (κ2) is 7.92. The van der Waals surface area contributed by atoms with Crippen LogP contribution in [0.1, 0.15) is 33.3 Å². The molecule has 0 heterocycles. The molecule has 1 aromatic carbocycles. The van der Waals surface area contributed by atoms with E-state index in [1.54, 1.807) is 39.0 Å². The zero-order valence-electron chi connectivity index (χ0n) is 14.7. The Kier molecular flexibility index (Phi) is 6.71. The fourth-order valence-electron chi connectivity index (χ4n) is 2.08. The van der Waals surface area contributed by atoms with Crippen LogP contribution in [0.15, 0.2) is 40.8 Å². The van der Waals surface area contributed by atoms with E-state index in [0.717, 1.165) is 5.56 Å². The molecular formula is C17H25NO5S. The van der Waals surface area contributed by atoms with Crippen LogP contribution >= 0.6 is 0 Å². The molecule has 7 heteroatoms. The molecule has 0 aliphatic carbocycles. The third-order valence-electron chi connectivity index (χ3n) is 3.92. The van der Waals surface area contributed by atoms with Crippen LogP contribution in [0.25, 0.3) is 0 Å². The minimum absolute atomic E-state index is 0.0105. The number of sulfonamides is 1. The van der Waals surface area contributed by atoms with Gasteiger partial charge in [0.2, 0.25) is 10.0 Å². The lowest BCUT2D eigenvalue weighted by molar-refractivity contribution is -0.150. The number of aryl methyl sites for hydroxylation is 1. The quantitative estimate of drug-likeness (QED) is 0.576. The van der Waals surface area contributed by atoms with Gasteiger partial charge in [0.05, 0.1) is 11.5 Å². The summed E-state index contributed by atoms with van der Waals surface area (Å²) in [6.07, 6.45) is 1.62. The molecule has 0 aliphatic heterocycles. The van der Waals surface area contributed by atoms with Crippen LogP contribution in [0.2, 0.25) is 0 Å². The summed E-state index contributed by atoms with van der Waals surface area (Å²) in [6.45, 7) is 8.22. The maximum Gasteiger partial charge on any atom is 0.327 e. The molecule has 2 N–H and O–H groups in total. The molecular weight excluding hydrogens is 330 g/mol. The van der Waals surface area contributed by atoms with E-state index in [-0.39, 0.29) is 11.5 Å². The molecule has 0 aliphatic rings. The first kappa shape index (κ1) is 20.3. The van der Waals surface area contributed by atoms with Crippen LogP contribution in [-0.2, 0) is 19.6 Å². The topological polar surface area (TPSA) is 92.7 Å². The first-order valence-corrected chi connectivity index (χ1v) is 9.16. The predicted octanol–water partition coefficient (Wildman–Crippen LogP) is 1.92. The number of aliphatic hydroxyl groups is 1. The monoisotopic (exact) mass is 355 g/mol. The van der Waals surface area contributed by atoms with Gasteiger partial charge < -0.3 is 9.84 Å². The Balaban J connectivity index is 3.26.